The van der Waals surface area contributed by atoms with Gasteiger partial charge in [0.1, 0.15) is 5.82 Å². The van der Waals surface area contributed by atoms with Crippen molar-refractivity contribution in [2.45, 2.75) is 32.8 Å². The maximum Gasteiger partial charge on any atom is 0.123 e. The van der Waals surface area contributed by atoms with E-state index in [1.807, 2.05) is 20.0 Å². The fourth-order valence-electron chi connectivity index (χ4n) is 2.91. The molecular formula is C15H22FNO. The predicted octanol–water partition coefficient (Wildman–Crippen LogP) is 2.69. The Hall–Kier alpha value is -0.930. The minimum atomic E-state index is -0.151. The molecule has 2 nitrogen and oxygen atoms in total. The normalized spacial score (nSPS) is 27.7. The van der Waals surface area contributed by atoms with Crippen molar-refractivity contribution in [2.75, 3.05) is 20.2 Å². The van der Waals surface area contributed by atoms with Crippen molar-refractivity contribution in [3.63, 3.8) is 0 Å². The molecule has 2 unspecified atom stereocenters. The van der Waals surface area contributed by atoms with Gasteiger partial charge >= 0.3 is 0 Å². The highest BCUT2D eigenvalue weighted by molar-refractivity contribution is 5.28. The summed E-state index contributed by atoms with van der Waals surface area (Å²) in [7, 11) is 1.96. The van der Waals surface area contributed by atoms with Crippen LogP contribution < -0.4 is 5.32 Å². The van der Waals surface area contributed by atoms with E-state index in [0.29, 0.717) is 0 Å². The van der Waals surface area contributed by atoms with E-state index >= 15 is 0 Å². The van der Waals surface area contributed by atoms with E-state index in [1.54, 1.807) is 6.07 Å². The van der Waals surface area contributed by atoms with Gasteiger partial charge in [-0.1, -0.05) is 6.07 Å². The number of halogens is 1. The van der Waals surface area contributed by atoms with Crippen molar-refractivity contribution in [1.29, 1.82) is 0 Å². The van der Waals surface area contributed by atoms with Gasteiger partial charge in [-0.15, -0.1) is 0 Å². The number of hydrogen-bond donors (Lipinski definition) is 1. The fraction of sp³-hybridized carbons (Fsp3) is 0.600. The van der Waals surface area contributed by atoms with Crippen LogP contribution in [0.25, 0.3) is 0 Å². The van der Waals surface area contributed by atoms with Crippen LogP contribution in [-0.4, -0.2) is 26.3 Å². The number of rotatable bonds is 4. The van der Waals surface area contributed by atoms with Crippen molar-refractivity contribution in [2.24, 2.45) is 5.41 Å². The first kappa shape index (κ1) is 13.5. The summed E-state index contributed by atoms with van der Waals surface area (Å²) >= 11 is 0. The lowest BCUT2D eigenvalue weighted by Gasteiger charge is -2.32. The molecule has 100 valence electrons. The molecule has 0 aliphatic carbocycles. The molecule has 3 heteroatoms. The van der Waals surface area contributed by atoms with Gasteiger partial charge in [0, 0.05) is 18.6 Å². The van der Waals surface area contributed by atoms with Gasteiger partial charge in [-0.25, -0.2) is 4.39 Å². The Bertz CT molecular complexity index is 421. The van der Waals surface area contributed by atoms with Crippen LogP contribution in [0.3, 0.4) is 0 Å². The first-order valence-electron chi connectivity index (χ1n) is 6.59. The Morgan fingerprint density at radius 3 is 2.89 bits per heavy atom. The van der Waals surface area contributed by atoms with Crippen LogP contribution in [0.1, 0.15) is 24.5 Å². The van der Waals surface area contributed by atoms with E-state index in [4.69, 9.17) is 4.74 Å². The van der Waals surface area contributed by atoms with Crippen LogP contribution in [0.4, 0.5) is 4.39 Å². The lowest BCUT2D eigenvalue weighted by Crippen LogP contribution is -2.40. The summed E-state index contributed by atoms with van der Waals surface area (Å²) in [6.07, 6.45) is 2.12. The molecular weight excluding hydrogens is 229 g/mol. The summed E-state index contributed by atoms with van der Waals surface area (Å²) in [6, 6.07) is 5.05. The van der Waals surface area contributed by atoms with Crippen LogP contribution in [0.5, 0.6) is 0 Å². The summed E-state index contributed by atoms with van der Waals surface area (Å²) in [5.41, 5.74) is 2.35. The maximum atomic E-state index is 13.4. The quantitative estimate of drug-likeness (QED) is 0.888. The second kappa shape index (κ2) is 5.37. The van der Waals surface area contributed by atoms with Crippen molar-refractivity contribution in [3.8, 4) is 0 Å². The van der Waals surface area contributed by atoms with Crippen LogP contribution >= 0.6 is 0 Å². The minimum absolute atomic E-state index is 0.0906. The van der Waals surface area contributed by atoms with E-state index < -0.39 is 0 Å². The van der Waals surface area contributed by atoms with E-state index in [0.717, 1.165) is 37.1 Å². The number of benzene rings is 1. The van der Waals surface area contributed by atoms with E-state index in [-0.39, 0.29) is 17.3 Å². The number of nitrogens with one attached hydrogen (secondary N) is 1. The van der Waals surface area contributed by atoms with Crippen molar-refractivity contribution < 1.29 is 9.13 Å². The van der Waals surface area contributed by atoms with Gasteiger partial charge < -0.3 is 10.1 Å². The number of aryl methyl sites for hydroxylation is 1. The molecule has 1 fully saturated rings. The predicted molar refractivity (Wildman–Crippen MR) is 71.2 cm³/mol. The molecule has 1 N–H and O–H groups in total. The third-order valence-electron chi connectivity index (χ3n) is 4.21. The summed E-state index contributed by atoms with van der Waals surface area (Å²) in [6.45, 7) is 5.88. The number of hydrogen-bond acceptors (Lipinski definition) is 2. The van der Waals surface area contributed by atoms with Gasteiger partial charge in [0.2, 0.25) is 0 Å². The molecule has 1 aliphatic rings. The second-order valence-corrected chi connectivity index (χ2v) is 5.40. The molecule has 0 radical (unpaired) electrons. The van der Waals surface area contributed by atoms with Gasteiger partial charge in [-0.3, -0.25) is 0 Å². The monoisotopic (exact) mass is 251 g/mol. The fourth-order valence-corrected chi connectivity index (χ4v) is 2.91. The Morgan fingerprint density at radius 2 is 2.28 bits per heavy atom. The zero-order valence-electron chi connectivity index (χ0n) is 11.4. The highest BCUT2D eigenvalue weighted by Gasteiger charge is 2.41. The molecule has 1 aromatic rings. The van der Waals surface area contributed by atoms with Crippen LogP contribution in [0, 0.1) is 18.2 Å². The molecule has 1 aliphatic heterocycles. The standard InChI is InChI=1S/C15H22FNO/c1-11-4-5-14(16)8-13(11)9-15(10-17-3)6-7-18-12(15)2/h4-5,8,12,17H,6-7,9-10H2,1-3H3. The van der Waals surface area contributed by atoms with E-state index in [1.165, 1.54) is 6.07 Å². The molecule has 1 heterocycles. The SMILES string of the molecule is CNCC1(Cc2cc(F)ccc2C)CCOC1C. The van der Waals surface area contributed by atoms with E-state index in [9.17, 15) is 4.39 Å². The van der Waals surface area contributed by atoms with Crippen LogP contribution in [0.2, 0.25) is 0 Å². The zero-order chi connectivity index (χ0) is 13.2. The zero-order valence-corrected chi connectivity index (χ0v) is 11.4. The van der Waals surface area contributed by atoms with Crippen molar-refractivity contribution in [3.05, 3.63) is 35.1 Å². The first-order valence-corrected chi connectivity index (χ1v) is 6.59. The molecule has 1 aromatic carbocycles. The number of ether oxygens (including phenoxy) is 1. The highest BCUT2D eigenvalue weighted by Crippen LogP contribution is 2.38. The molecule has 0 bridgehead atoms. The van der Waals surface area contributed by atoms with E-state index in [2.05, 4.69) is 12.2 Å². The summed E-state index contributed by atoms with van der Waals surface area (Å²) < 4.78 is 19.1. The van der Waals surface area contributed by atoms with Crippen molar-refractivity contribution >= 4 is 0 Å². The van der Waals surface area contributed by atoms with Gasteiger partial charge in [-0.2, -0.15) is 0 Å². The molecule has 1 saturated heterocycles. The molecule has 0 spiro atoms. The second-order valence-electron chi connectivity index (χ2n) is 5.40. The minimum Gasteiger partial charge on any atom is -0.378 e. The van der Waals surface area contributed by atoms with Gasteiger partial charge in [-0.05, 0) is 57.0 Å². The average Bonchev–Trinajstić information content (AvgIpc) is 2.66. The lowest BCUT2D eigenvalue weighted by atomic mass is 9.75. The Kier molecular flexibility index (Phi) is 4.03. The van der Waals surface area contributed by atoms with Crippen LogP contribution in [0.15, 0.2) is 18.2 Å². The first-order chi connectivity index (χ1) is 8.57. The third kappa shape index (κ3) is 2.57. The Morgan fingerprint density at radius 1 is 1.50 bits per heavy atom. The highest BCUT2D eigenvalue weighted by atomic mass is 19.1. The summed E-state index contributed by atoms with van der Waals surface area (Å²) in [5.74, 6) is -0.151. The molecule has 18 heavy (non-hydrogen) atoms. The molecule has 2 atom stereocenters. The van der Waals surface area contributed by atoms with Crippen molar-refractivity contribution in [1.82, 2.24) is 5.32 Å². The summed E-state index contributed by atoms with van der Waals surface area (Å²) in [4.78, 5) is 0. The third-order valence-corrected chi connectivity index (χ3v) is 4.21. The van der Waals surface area contributed by atoms with Gasteiger partial charge in [0.15, 0.2) is 0 Å². The average molecular weight is 251 g/mol. The van der Waals surface area contributed by atoms with Gasteiger partial charge in [0.25, 0.3) is 0 Å². The molecule has 0 saturated carbocycles. The largest absolute Gasteiger partial charge is 0.378 e. The lowest BCUT2D eigenvalue weighted by molar-refractivity contribution is 0.0639. The molecule has 0 amide bonds. The molecule has 0 aromatic heterocycles. The summed E-state index contributed by atoms with van der Waals surface area (Å²) in [5, 5.41) is 3.26. The van der Waals surface area contributed by atoms with Gasteiger partial charge in [0.05, 0.1) is 6.10 Å². The molecule has 2 rings (SSSR count). The smallest absolute Gasteiger partial charge is 0.123 e. The Labute approximate surface area is 109 Å². The Balaban J connectivity index is 2.26. The maximum absolute atomic E-state index is 13.4. The topological polar surface area (TPSA) is 21.3 Å². The van der Waals surface area contributed by atoms with Crippen LogP contribution in [-0.2, 0) is 11.2 Å².